The third kappa shape index (κ3) is 3.62. The summed E-state index contributed by atoms with van der Waals surface area (Å²) in [5.41, 5.74) is 2.66. The Morgan fingerprint density at radius 3 is 2.92 bits per heavy atom. The molecule has 1 aliphatic heterocycles. The van der Waals surface area contributed by atoms with Gasteiger partial charge in [0.2, 0.25) is 0 Å². The summed E-state index contributed by atoms with van der Waals surface area (Å²) in [6.07, 6.45) is 1.89. The Kier molecular flexibility index (Phi) is 5.20. The van der Waals surface area contributed by atoms with Crippen molar-refractivity contribution in [1.29, 1.82) is 0 Å². The van der Waals surface area contributed by atoms with E-state index in [-0.39, 0.29) is 18.6 Å². The average Bonchev–Trinajstić information content (AvgIpc) is 3.06. The standard InChI is InChI=1S/C17H23N5O2/c1-3-9-22-16(18-19-20-22)12-24-17(23)13(2)21-10-8-14-6-4-5-7-15(14)11-21/h4-7,13H,3,8-12H2,1-2H3. The van der Waals surface area contributed by atoms with E-state index in [0.717, 1.165) is 32.5 Å². The number of ether oxygens (including phenoxy) is 1. The van der Waals surface area contributed by atoms with Crippen molar-refractivity contribution in [3.8, 4) is 0 Å². The van der Waals surface area contributed by atoms with Crippen molar-refractivity contribution in [3.63, 3.8) is 0 Å². The van der Waals surface area contributed by atoms with Gasteiger partial charge in [0.25, 0.3) is 0 Å². The highest BCUT2D eigenvalue weighted by Crippen LogP contribution is 2.20. The lowest BCUT2D eigenvalue weighted by Crippen LogP contribution is -2.42. The predicted octanol–water partition coefficient (Wildman–Crippen LogP) is 1.57. The number of rotatable bonds is 6. The Labute approximate surface area is 141 Å². The largest absolute Gasteiger partial charge is 0.456 e. The van der Waals surface area contributed by atoms with Gasteiger partial charge >= 0.3 is 5.97 Å². The van der Waals surface area contributed by atoms with Crippen LogP contribution in [0.1, 0.15) is 37.2 Å². The highest BCUT2D eigenvalue weighted by molar-refractivity contribution is 5.75. The Morgan fingerprint density at radius 1 is 1.33 bits per heavy atom. The van der Waals surface area contributed by atoms with Gasteiger partial charge in [0.05, 0.1) is 0 Å². The molecule has 7 nitrogen and oxygen atoms in total. The fourth-order valence-electron chi connectivity index (χ4n) is 2.97. The van der Waals surface area contributed by atoms with Gasteiger partial charge in [-0.1, -0.05) is 31.2 Å². The van der Waals surface area contributed by atoms with E-state index in [9.17, 15) is 4.79 Å². The van der Waals surface area contributed by atoms with Crippen LogP contribution in [0.25, 0.3) is 0 Å². The van der Waals surface area contributed by atoms with Gasteiger partial charge in [-0.3, -0.25) is 9.69 Å². The molecule has 2 heterocycles. The van der Waals surface area contributed by atoms with Gasteiger partial charge in [-0.15, -0.1) is 5.10 Å². The summed E-state index contributed by atoms with van der Waals surface area (Å²) in [6, 6.07) is 8.10. The first-order chi connectivity index (χ1) is 11.7. The molecule has 0 N–H and O–H groups in total. The minimum absolute atomic E-state index is 0.112. The number of benzene rings is 1. The van der Waals surface area contributed by atoms with Gasteiger partial charge in [-0.05, 0) is 41.3 Å². The Bertz CT molecular complexity index is 700. The zero-order valence-electron chi connectivity index (χ0n) is 14.2. The lowest BCUT2D eigenvalue weighted by Gasteiger charge is -2.32. The molecule has 0 aliphatic carbocycles. The first kappa shape index (κ1) is 16.6. The van der Waals surface area contributed by atoms with Crippen molar-refractivity contribution in [3.05, 3.63) is 41.2 Å². The van der Waals surface area contributed by atoms with Crippen molar-refractivity contribution in [1.82, 2.24) is 25.1 Å². The van der Waals surface area contributed by atoms with E-state index in [1.165, 1.54) is 11.1 Å². The maximum Gasteiger partial charge on any atom is 0.323 e. The van der Waals surface area contributed by atoms with Crippen molar-refractivity contribution in [2.45, 2.75) is 52.4 Å². The first-order valence-electron chi connectivity index (χ1n) is 8.41. The maximum atomic E-state index is 12.4. The monoisotopic (exact) mass is 329 g/mol. The molecule has 7 heteroatoms. The van der Waals surface area contributed by atoms with Crippen molar-refractivity contribution in [2.24, 2.45) is 0 Å². The van der Waals surface area contributed by atoms with Gasteiger partial charge in [-0.2, -0.15) is 0 Å². The van der Waals surface area contributed by atoms with Crippen LogP contribution in [-0.4, -0.2) is 43.7 Å². The quantitative estimate of drug-likeness (QED) is 0.749. The molecule has 0 bridgehead atoms. The number of nitrogens with zero attached hydrogens (tertiary/aromatic N) is 5. The topological polar surface area (TPSA) is 73.1 Å². The van der Waals surface area contributed by atoms with Crippen LogP contribution in [0.5, 0.6) is 0 Å². The maximum absolute atomic E-state index is 12.4. The molecular formula is C17H23N5O2. The molecule has 2 aromatic rings. The lowest BCUT2D eigenvalue weighted by atomic mass is 9.99. The summed E-state index contributed by atoms with van der Waals surface area (Å²) in [5.74, 6) is 0.349. The molecule has 1 unspecified atom stereocenters. The van der Waals surface area contributed by atoms with Crippen LogP contribution in [0.3, 0.4) is 0 Å². The Hall–Kier alpha value is -2.28. The zero-order chi connectivity index (χ0) is 16.9. The van der Waals surface area contributed by atoms with E-state index < -0.39 is 0 Å². The van der Waals surface area contributed by atoms with Crippen LogP contribution >= 0.6 is 0 Å². The second kappa shape index (κ2) is 7.53. The van der Waals surface area contributed by atoms with Gasteiger partial charge in [0, 0.05) is 19.6 Å². The smallest absolute Gasteiger partial charge is 0.323 e. The number of tetrazole rings is 1. The lowest BCUT2D eigenvalue weighted by molar-refractivity contribution is -0.151. The minimum Gasteiger partial charge on any atom is -0.456 e. The van der Waals surface area contributed by atoms with E-state index in [0.29, 0.717) is 5.82 Å². The molecule has 3 rings (SSSR count). The predicted molar refractivity (Wildman–Crippen MR) is 87.9 cm³/mol. The molecule has 1 aliphatic rings. The van der Waals surface area contributed by atoms with Gasteiger partial charge < -0.3 is 4.74 Å². The molecule has 0 saturated heterocycles. The third-order valence-electron chi connectivity index (χ3n) is 4.43. The number of fused-ring (bicyclic) bond motifs is 1. The molecular weight excluding hydrogens is 306 g/mol. The highest BCUT2D eigenvalue weighted by atomic mass is 16.5. The second-order valence-electron chi connectivity index (χ2n) is 6.09. The molecule has 0 amide bonds. The average molecular weight is 329 g/mol. The zero-order valence-corrected chi connectivity index (χ0v) is 14.2. The molecule has 1 aromatic heterocycles. The van der Waals surface area contributed by atoms with Crippen LogP contribution in [0.4, 0.5) is 0 Å². The van der Waals surface area contributed by atoms with Crippen LogP contribution in [-0.2, 0) is 35.6 Å². The van der Waals surface area contributed by atoms with Crippen molar-refractivity contribution >= 4 is 5.97 Å². The van der Waals surface area contributed by atoms with E-state index >= 15 is 0 Å². The highest BCUT2D eigenvalue weighted by Gasteiger charge is 2.26. The summed E-state index contributed by atoms with van der Waals surface area (Å²) in [7, 11) is 0. The number of esters is 1. The van der Waals surface area contributed by atoms with Crippen LogP contribution < -0.4 is 0 Å². The first-order valence-corrected chi connectivity index (χ1v) is 8.41. The SMILES string of the molecule is CCCn1nnnc1COC(=O)C(C)N1CCc2ccccc2C1. The molecule has 0 fully saturated rings. The number of carbonyl (C=O) groups excluding carboxylic acids is 1. The third-order valence-corrected chi connectivity index (χ3v) is 4.43. The van der Waals surface area contributed by atoms with Crippen molar-refractivity contribution in [2.75, 3.05) is 6.54 Å². The number of hydrogen-bond acceptors (Lipinski definition) is 6. The second-order valence-corrected chi connectivity index (χ2v) is 6.09. The van der Waals surface area contributed by atoms with Crippen LogP contribution in [0, 0.1) is 0 Å². The number of aryl methyl sites for hydroxylation is 1. The van der Waals surface area contributed by atoms with Crippen molar-refractivity contribution < 1.29 is 9.53 Å². The van der Waals surface area contributed by atoms with Crippen LogP contribution in [0.2, 0.25) is 0 Å². The molecule has 24 heavy (non-hydrogen) atoms. The number of aromatic nitrogens is 4. The van der Waals surface area contributed by atoms with Gasteiger partial charge in [0.15, 0.2) is 12.4 Å². The molecule has 128 valence electrons. The molecule has 1 aromatic carbocycles. The number of carbonyl (C=O) groups is 1. The fourth-order valence-corrected chi connectivity index (χ4v) is 2.97. The van der Waals surface area contributed by atoms with E-state index in [1.54, 1.807) is 4.68 Å². The van der Waals surface area contributed by atoms with Crippen LogP contribution in [0.15, 0.2) is 24.3 Å². The molecule has 0 saturated carbocycles. The molecule has 0 radical (unpaired) electrons. The summed E-state index contributed by atoms with van der Waals surface area (Å²) in [5, 5.41) is 11.5. The number of hydrogen-bond donors (Lipinski definition) is 0. The fraction of sp³-hybridized carbons (Fsp3) is 0.529. The summed E-state index contributed by atoms with van der Waals surface area (Å²) in [6.45, 7) is 6.42. The van der Waals surface area contributed by atoms with E-state index in [1.807, 2.05) is 19.9 Å². The Balaban J connectivity index is 1.56. The summed E-state index contributed by atoms with van der Waals surface area (Å²) < 4.78 is 7.11. The molecule has 0 spiro atoms. The normalized spacial score (nSPS) is 15.8. The molecule has 1 atom stereocenters. The van der Waals surface area contributed by atoms with E-state index in [4.69, 9.17) is 4.74 Å². The summed E-state index contributed by atoms with van der Waals surface area (Å²) in [4.78, 5) is 14.5. The van der Waals surface area contributed by atoms with E-state index in [2.05, 4.69) is 38.6 Å². The van der Waals surface area contributed by atoms with Gasteiger partial charge in [0.1, 0.15) is 6.04 Å². The minimum atomic E-state index is -0.283. The summed E-state index contributed by atoms with van der Waals surface area (Å²) >= 11 is 0. The Morgan fingerprint density at radius 2 is 2.12 bits per heavy atom. The van der Waals surface area contributed by atoms with Gasteiger partial charge in [-0.25, -0.2) is 4.68 Å².